The van der Waals surface area contributed by atoms with Gasteiger partial charge in [-0.1, -0.05) is 74.5 Å². The van der Waals surface area contributed by atoms with E-state index in [1.807, 2.05) is 81.4 Å². The standard InChI is InChI=1S/C25H27N5O2/c1-17(2)15-26-22(31)16-29-18(3)21(14-19-10-6-4-7-11-19)24(32)30-25(29)27-23(28-30)20-12-8-5-9-13-20/h4-13,17H,14-16H2,1-3H3,(H,26,31). The number of hydrogen-bond acceptors (Lipinski definition) is 4. The predicted molar refractivity (Wildman–Crippen MR) is 125 cm³/mol. The Bertz CT molecular complexity index is 1290. The predicted octanol–water partition coefficient (Wildman–Crippen LogP) is 3.23. The Kier molecular flexibility index (Phi) is 6.16. The summed E-state index contributed by atoms with van der Waals surface area (Å²) in [5, 5.41) is 7.46. The molecule has 0 saturated carbocycles. The Morgan fingerprint density at radius 1 is 1.03 bits per heavy atom. The van der Waals surface area contributed by atoms with Gasteiger partial charge in [-0.3, -0.25) is 9.59 Å². The first-order valence-corrected chi connectivity index (χ1v) is 10.8. The summed E-state index contributed by atoms with van der Waals surface area (Å²) in [5.41, 5.74) is 2.94. The molecule has 1 N–H and O–H groups in total. The van der Waals surface area contributed by atoms with Gasteiger partial charge in [0.1, 0.15) is 6.54 Å². The molecule has 0 aliphatic heterocycles. The lowest BCUT2D eigenvalue weighted by Gasteiger charge is -2.16. The number of nitrogens with zero attached hydrogens (tertiary/aromatic N) is 4. The number of carbonyl (C=O) groups excluding carboxylic acids is 1. The van der Waals surface area contributed by atoms with Crippen LogP contribution in [-0.2, 0) is 17.8 Å². The van der Waals surface area contributed by atoms with E-state index in [0.29, 0.717) is 36.0 Å². The molecule has 7 nitrogen and oxygen atoms in total. The molecule has 0 unspecified atom stereocenters. The monoisotopic (exact) mass is 429 g/mol. The second kappa shape index (κ2) is 9.18. The van der Waals surface area contributed by atoms with Crippen LogP contribution in [0.2, 0.25) is 0 Å². The van der Waals surface area contributed by atoms with Crippen molar-refractivity contribution in [3.63, 3.8) is 0 Å². The van der Waals surface area contributed by atoms with Crippen molar-refractivity contribution in [1.29, 1.82) is 0 Å². The minimum atomic E-state index is -0.213. The Labute approximate surface area is 186 Å². The second-order valence-corrected chi connectivity index (χ2v) is 8.33. The first-order valence-electron chi connectivity index (χ1n) is 10.8. The lowest BCUT2D eigenvalue weighted by Crippen LogP contribution is -2.34. The summed E-state index contributed by atoms with van der Waals surface area (Å²) in [6.07, 6.45) is 0.454. The third kappa shape index (κ3) is 4.46. The fraction of sp³-hybridized carbons (Fsp3) is 0.280. The van der Waals surface area contributed by atoms with Crippen molar-refractivity contribution in [3.05, 3.63) is 87.8 Å². The minimum Gasteiger partial charge on any atom is -0.354 e. The van der Waals surface area contributed by atoms with Crippen LogP contribution < -0.4 is 10.9 Å². The summed E-state index contributed by atoms with van der Waals surface area (Å²) in [6, 6.07) is 19.3. The minimum absolute atomic E-state index is 0.0665. The Hall–Kier alpha value is -3.74. The summed E-state index contributed by atoms with van der Waals surface area (Å²) in [5.74, 6) is 1.04. The number of hydrogen-bond donors (Lipinski definition) is 1. The van der Waals surface area contributed by atoms with E-state index in [9.17, 15) is 9.59 Å². The quantitative estimate of drug-likeness (QED) is 0.489. The SMILES string of the molecule is Cc1c(Cc2ccccc2)c(=O)n2nc(-c3ccccc3)nc2n1CC(=O)NCC(C)C. The molecule has 2 aromatic carbocycles. The Balaban J connectivity index is 1.84. The largest absolute Gasteiger partial charge is 0.354 e. The van der Waals surface area contributed by atoms with E-state index in [1.54, 1.807) is 4.57 Å². The number of aromatic nitrogens is 4. The molecule has 0 bridgehead atoms. The summed E-state index contributed by atoms with van der Waals surface area (Å²) in [7, 11) is 0. The van der Waals surface area contributed by atoms with Crippen molar-refractivity contribution in [1.82, 2.24) is 24.5 Å². The molecule has 0 atom stereocenters. The van der Waals surface area contributed by atoms with Gasteiger partial charge in [-0.05, 0) is 18.4 Å². The highest BCUT2D eigenvalue weighted by Gasteiger charge is 2.20. The van der Waals surface area contributed by atoms with Crippen molar-refractivity contribution in [2.45, 2.75) is 33.7 Å². The molecule has 1 amide bonds. The molecule has 2 heterocycles. The molecule has 7 heteroatoms. The molecule has 0 aliphatic carbocycles. The summed E-state index contributed by atoms with van der Waals surface area (Å²) < 4.78 is 3.11. The molecular formula is C25H27N5O2. The van der Waals surface area contributed by atoms with E-state index in [4.69, 9.17) is 0 Å². The molecule has 0 saturated heterocycles. The number of amides is 1. The van der Waals surface area contributed by atoms with E-state index in [2.05, 4.69) is 15.4 Å². The van der Waals surface area contributed by atoms with Gasteiger partial charge in [0.25, 0.3) is 5.56 Å². The van der Waals surface area contributed by atoms with Crippen LogP contribution in [0.5, 0.6) is 0 Å². The van der Waals surface area contributed by atoms with Crippen molar-refractivity contribution in [2.24, 2.45) is 5.92 Å². The Morgan fingerprint density at radius 2 is 1.69 bits per heavy atom. The maximum atomic E-state index is 13.4. The third-order valence-corrected chi connectivity index (χ3v) is 5.39. The van der Waals surface area contributed by atoms with Gasteiger partial charge in [0.2, 0.25) is 11.7 Å². The van der Waals surface area contributed by atoms with E-state index < -0.39 is 0 Å². The van der Waals surface area contributed by atoms with Crippen molar-refractivity contribution < 1.29 is 4.79 Å². The van der Waals surface area contributed by atoms with Crippen molar-refractivity contribution >= 4 is 11.7 Å². The zero-order valence-corrected chi connectivity index (χ0v) is 18.6. The molecule has 164 valence electrons. The van der Waals surface area contributed by atoms with Gasteiger partial charge in [-0.25, -0.2) is 0 Å². The number of rotatable bonds is 7. The van der Waals surface area contributed by atoms with E-state index in [0.717, 1.165) is 16.8 Å². The van der Waals surface area contributed by atoms with Crippen molar-refractivity contribution in [2.75, 3.05) is 6.54 Å². The van der Waals surface area contributed by atoms with Crippen LogP contribution in [-0.4, -0.2) is 31.6 Å². The summed E-state index contributed by atoms with van der Waals surface area (Å²) in [4.78, 5) is 30.7. The summed E-state index contributed by atoms with van der Waals surface area (Å²) >= 11 is 0. The van der Waals surface area contributed by atoms with Crippen LogP contribution in [0.15, 0.2) is 65.5 Å². The van der Waals surface area contributed by atoms with E-state index >= 15 is 0 Å². The highest BCUT2D eigenvalue weighted by Crippen LogP contribution is 2.18. The number of nitrogens with one attached hydrogen (secondary N) is 1. The average molecular weight is 430 g/mol. The van der Waals surface area contributed by atoms with Gasteiger partial charge in [-0.2, -0.15) is 9.50 Å². The molecule has 4 rings (SSSR count). The molecular weight excluding hydrogens is 402 g/mol. The fourth-order valence-electron chi connectivity index (χ4n) is 3.63. The number of carbonyl (C=O) groups is 1. The molecule has 0 spiro atoms. The Morgan fingerprint density at radius 3 is 2.34 bits per heavy atom. The van der Waals surface area contributed by atoms with Crippen LogP contribution in [0.4, 0.5) is 0 Å². The molecule has 32 heavy (non-hydrogen) atoms. The second-order valence-electron chi connectivity index (χ2n) is 8.33. The topological polar surface area (TPSA) is 81.3 Å². The maximum Gasteiger partial charge on any atom is 0.279 e. The van der Waals surface area contributed by atoms with Gasteiger partial charge in [0.15, 0.2) is 5.82 Å². The van der Waals surface area contributed by atoms with Gasteiger partial charge in [-0.15, -0.1) is 5.10 Å². The molecule has 4 aromatic rings. The van der Waals surface area contributed by atoms with E-state index in [1.165, 1.54) is 4.52 Å². The molecule has 0 aliphatic rings. The highest BCUT2D eigenvalue weighted by molar-refractivity contribution is 5.76. The fourth-order valence-corrected chi connectivity index (χ4v) is 3.63. The van der Waals surface area contributed by atoms with Crippen LogP contribution >= 0.6 is 0 Å². The number of benzene rings is 2. The molecule has 0 fully saturated rings. The van der Waals surface area contributed by atoms with Gasteiger partial charge >= 0.3 is 0 Å². The molecule has 0 radical (unpaired) electrons. The number of fused-ring (bicyclic) bond motifs is 1. The van der Waals surface area contributed by atoms with Crippen LogP contribution in [0.25, 0.3) is 17.2 Å². The smallest absolute Gasteiger partial charge is 0.279 e. The molecule has 2 aromatic heterocycles. The lowest BCUT2D eigenvalue weighted by atomic mass is 10.0. The van der Waals surface area contributed by atoms with Gasteiger partial charge < -0.3 is 9.88 Å². The average Bonchev–Trinajstić information content (AvgIpc) is 3.25. The third-order valence-electron chi connectivity index (χ3n) is 5.39. The van der Waals surface area contributed by atoms with Gasteiger partial charge in [0, 0.05) is 29.8 Å². The lowest BCUT2D eigenvalue weighted by molar-refractivity contribution is -0.121. The van der Waals surface area contributed by atoms with Gasteiger partial charge in [0.05, 0.1) is 0 Å². The van der Waals surface area contributed by atoms with Crippen LogP contribution in [0.3, 0.4) is 0 Å². The van der Waals surface area contributed by atoms with E-state index in [-0.39, 0.29) is 18.0 Å². The van der Waals surface area contributed by atoms with Crippen LogP contribution in [0.1, 0.15) is 30.7 Å². The zero-order valence-electron chi connectivity index (χ0n) is 18.6. The first kappa shape index (κ1) is 21.5. The van der Waals surface area contributed by atoms with Crippen molar-refractivity contribution in [3.8, 4) is 11.4 Å². The summed E-state index contributed by atoms with van der Waals surface area (Å²) in [6.45, 7) is 6.62. The maximum absolute atomic E-state index is 13.4. The normalized spacial score (nSPS) is 11.2. The first-order chi connectivity index (χ1) is 15.4. The zero-order chi connectivity index (χ0) is 22.7. The highest BCUT2D eigenvalue weighted by atomic mass is 16.2. The van der Waals surface area contributed by atoms with Crippen LogP contribution in [0, 0.1) is 12.8 Å².